The first-order chi connectivity index (χ1) is 7.25. The highest BCUT2D eigenvalue weighted by Gasteiger charge is 1.98. The van der Waals surface area contributed by atoms with Crippen molar-refractivity contribution in [3.8, 4) is 0 Å². The molecule has 1 heterocycles. The first-order valence-electron chi connectivity index (χ1n) is 5.43. The predicted molar refractivity (Wildman–Crippen MR) is 64.0 cm³/mol. The molecule has 0 amide bonds. The Labute approximate surface area is 89.9 Å². The molecule has 0 saturated heterocycles. The number of H-pyrrole nitrogens is 1. The Hall–Kier alpha value is -1.51. The van der Waals surface area contributed by atoms with E-state index in [0.29, 0.717) is 0 Å². The highest BCUT2D eigenvalue weighted by molar-refractivity contribution is 5.81. The Morgan fingerprint density at radius 1 is 1.40 bits per heavy atom. The van der Waals surface area contributed by atoms with Gasteiger partial charge in [0, 0.05) is 17.6 Å². The van der Waals surface area contributed by atoms with E-state index in [1.54, 1.807) is 0 Å². The number of rotatable bonds is 4. The van der Waals surface area contributed by atoms with E-state index in [1.165, 1.54) is 12.1 Å². The maximum atomic E-state index is 4.00. The van der Waals surface area contributed by atoms with Crippen LogP contribution in [0.1, 0.15) is 20.3 Å². The number of fused-ring (bicyclic) bond motifs is 1. The van der Waals surface area contributed by atoms with Crippen LogP contribution in [0.4, 0.5) is 5.69 Å². The standard InChI is InChI=1S/C12H17N3/c1-9(2)5-6-13-11-3-4-12-10(7-11)8-14-15-12/h3-4,7-9,13H,5-6H2,1-2H3,(H,14,15). The van der Waals surface area contributed by atoms with Crippen molar-refractivity contribution in [2.45, 2.75) is 20.3 Å². The van der Waals surface area contributed by atoms with Crippen LogP contribution < -0.4 is 5.32 Å². The number of nitrogens with one attached hydrogen (secondary N) is 2. The zero-order valence-corrected chi connectivity index (χ0v) is 9.25. The normalized spacial score (nSPS) is 11.1. The summed E-state index contributed by atoms with van der Waals surface area (Å²) in [5.41, 5.74) is 2.26. The summed E-state index contributed by atoms with van der Waals surface area (Å²) in [7, 11) is 0. The molecule has 0 fully saturated rings. The van der Waals surface area contributed by atoms with Gasteiger partial charge >= 0.3 is 0 Å². The molecule has 2 aromatic rings. The summed E-state index contributed by atoms with van der Waals surface area (Å²) < 4.78 is 0. The lowest BCUT2D eigenvalue weighted by molar-refractivity contribution is 0.607. The SMILES string of the molecule is CC(C)CCNc1ccc2[nH]ncc2c1. The van der Waals surface area contributed by atoms with Gasteiger partial charge in [0.25, 0.3) is 0 Å². The molecule has 3 heteroatoms. The maximum absolute atomic E-state index is 4.00. The summed E-state index contributed by atoms with van der Waals surface area (Å²) >= 11 is 0. The van der Waals surface area contributed by atoms with Crippen molar-refractivity contribution in [3.63, 3.8) is 0 Å². The highest BCUT2D eigenvalue weighted by Crippen LogP contribution is 2.16. The minimum Gasteiger partial charge on any atom is -0.385 e. The third-order valence-electron chi connectivity index (χ3n) is 2.49. The van der Waals surface area contributed by atoms with Crippen LogP contribution in [0.15, 0.2) is 24.4 Å². The molecule has 3 nitrogen and oxygen atoms in total. The first kappa shape index (κ1) is 10.0. The number of aromatic nitrogens is 2. The van der Waals surface area contributed by atoms with Crippen molar-refractivity contribution in [1.82, 2.24) is 10.2 Å². The summed E-state index contributed by atoms with van der Waals surface area (Å²) in [6, 6.07) is 6.26. The van der Waals surface area contributed by atoms with E-state index >= 15 is 0 Å². The topological polar surface area (TPSA) is 40.7 Å². The molecule has 0 aliphatic rings. The van der Waals surface area contributed by atoms with Gasteiger partial charge in [-0.25, -0.2) is 0 Å². The molecule has 0 bridgehead atoms. The smallest absolute Gasteiger partial charge is 0.0651 e. The lowest BCUT2D eigenvalue weighted by Gasteiger charge is -2.08. The van der Waals surface area contributed by atoms with Gasteiger partial charge in [0.05, 0.1) is 11.7 Å². The van der Waals surface area contributed by atoms with Gasteiger partial charge in [0.15, 0.2) is 0 Å². The minimum atomic E-state index is 0.746. The third kappa shape index (κ3) is 2.49. The molecule has 80 valence electrons. The van der Waals surface area contributed by atoms with Crippen molar-refractivity contribution in [1.29, 1.82) is 0 Å². The van der Waals surface area contributed by atoms with Crippen molar-refractivity contribution in [2.75, 3.05) is 11.9 Å². The second kappa shape index (κ2) is 4.34. The molecule has 0 radical (unpaired) electrons. The van der Waals surface area contributed by atoms with Crippen molar-refractivity contribution in [2.24, 2.45) is 5.92 Å². The predicted octanol–water partition coefficient (Wildman–Crippen LogP) is 3.02. The van der Waals surface area contributed by atoms with E-state index in [0.717, 1.165) is 23.4 Å². The van der Waals surface area contributed by atoms with Crippen LogP contribution in [0.5, 0.6) is 0 Å². The zero-order valence-electron chi connectivity index (χ0n) is 9.25. The number of nitrogens with zero attached hydrogens (tertiary/aromatic N) is 1. The molecule has 0 saturated carbocycles. The van der Waals surface area contributed by atoms with Gasteiger partial charge < -0.3 is 5.32 Å². The molecule has 1 aromatic heterocycles. The average Bonchev–Trinajstić information content (AvgIpc) is 2.64. The lowest BCUT2D eigenvalue weighted by Crippen LogP contribution is -2.04. The Morgan fingerprint density at radius 3 is 3.07 bits per heavy atom. The van der Waals surface area contributed by atoms with Crippen LogP contribution in [0.3, 0.4) is 0 Å². The fourth-order valence-electron chi connectivity index (χ4n) is 1.56. The van der Waals surface area contributed by atoms with E-state index in [-0.39, 0.29) is 0 Å². The minimum absolute atomic E-state index is 0.746. The summed E-state index contributed by atoms with van der Waals surface area (Å²) in [6.45, 7) is 5.50. The van der Waals surface area contributed by atoms with Gasteiger partial charge in [-0.3, -0.25) is 5.10 Å². The van der Waals surface area contributed by atoms with Crippen molar-refractivity contribution in [3.05, 3.63) is 24.4 Å². The highest BCUT2D eigenvalue weighted by atomic mass is 15.1. The average molecular weight is 203 g/mol. The van der Waals surface area contributed by atoms with E-state index in [4.69, 9.17) is 0 Å². The van der Waals surface area contributed by atoms with Gasteiger partial charge in [-0.15, -0.1) is 0 Å². The van der Waals surface area contributed by atoms with E-state index in [9.17, 15) is 0 Å². The first-order valence-corrected chi connectivity index (χ1v) is 5.43. The Bertz CT molecular complexity index is 431. The zero-order chi connectivity index (χ0) is 10.7. The molecule has 0 unspecified atom stereocenters. The fraction of sp³-hybridized carbons (Fsp3) is 0.417. The molecule has 1 aromatic carbocycles. The number of aromatic amines is 1. The molecule has 0 atom stereocenters. The van der Waals surface area contributed by atoms with Crippen LogP contribution in [0, 0.1) is 5.92 Å². The number of hydrogen-bond donors (Lipinski definition) is 2. The maximum Gasteiger partial charge on any atom is 0.0651 e. The number of anilines is 1. The molecule has 0 aliphatic carbocycles. The van der Waals surface area contributed by atoms with Gasteiger partial charge in [-0.05, 0) is 30.5 Å². The lowest BCUT2D eigenvalue weighted by atomic mass is 10.1. The quantitative estimate of drug-likeness (QED) is 0.802. The van der Waals surface area contributed by atoms with Gasteiger partial charge in [0.2, 0.25) is 0 Å². The molecule has 0 aliphatic heterocycles. The van der Waals surface area contributed by atoms with Crippen molar-refractivity contribution >= 4 is 16.6 Å². The van der Waals surface area contributed by atoms with E-state index < -0.39 is 0 Å². The van der Waals surface area contributed by atoms with E-state index in [2.05, 4.69) is 47.6 Å². The largest absolute Gasteiger partial charge is 0.385 e. The molecule has 2 rings (SSSR count). The van der Waals surface area contributed by atoms with E-state index in [1.807, 2.05) is 6.20 Å². The van der Waals surface area contributed by atoms with Crippen LogP contribution in [0.25, 0.3) is 10.9 Å². The van der Waals surface area contributed by atoms with Gasteiger partial charge in [-0.1, -0.05) is 13.8 Å². The van der Waals surface area contributed by atoms with Crippen LogP contribution >= 0.6 is 0 Å². The fourth-order valence-corrected chi connectivity index (χ4v) is 1.56. The van der Waals surface area contributed by atoms with Crippen LogP contribution in [-0.4, -0.2) is 16.7 Å². The Morgan fingerprint density at radius 2 is 2.27 bits per heavy atom. The van der Waals surface area contributed by atoms with Crippen LogP contribution in [0.2, 0.25) is 0 Å². The Balaban J connectivity index is 2.02. The third-order valence-corrected chi connectivity index (χ3v) is 2.49. The second-order valence-corrected chi connectivity index (χ2v) is 4.28. The molecule has 0 spiro atoms. The van der Waals surface area contributed by atoms with Crippen molar-refractivity contribution < 1.29 is 0 Å². The Kier molecular flexibility index (Phi) is 2.90. The molecule has 15 heavy (non-hydrogen) atoms. The summed E-state index contributed by atoms with van der Waals surface area (Å²) in [4.78, 5) is 0. The summed E-state index contributed by atoms with van der Waals surface area (Å²) in [5.74, 6) is 0.746. The van der Waals surface area contributed by atoms with Gasteiger partial charge in [0.1, 0.15) is 0 Å². The van der Waals surface area contributed by atoms with Crippen LogP contribution in [-0.2, 0) is 0 Å². The monoisotopic (exact) mass is 203 g/mol. The number of hydrogen-bond acceptors (Lipinski definition) is 2. The summed E-state index contributed by atoms with van der Waals surface area (Å²) in [6.07, 6.45) is 3.05. The number of benzene rings is 1. The molecular formula is C12H17N3. The second-order valence-electron chi connectivity index (χ2n) is 4.28. The summed E-state index contributed by atoms with van der Waals surface area (Å²) in [5, 5.41) is 11.5. The molecule has 2 N–H and O–H groups in total. The van der Waals surface area contributed by atoms with Gasteiger partial charge in [-0.2, -0.15) is 5.10 Å². The molecular weight excluding hydrogens is 186 g/mol.